The molecule has 1 aromatic heterocycles. The Hall–Kier alpha value is -5.00. The summed E-state index contributed by atoms with van der Waals surface area (Å²) in [5.41, 5.74) is 3.48. The second-order valence-electron chi connectivity index (χ2n) is 9.59. The van der Waals surface area contributed by atoms with Crippen LogP contribution in [0.15, 0.2) is 108 Å². The molecule has 0 N–H and O–H groups in total. The van der Waals surface area contributed by atoms with E-state index >= 15 is 0 Å². The molecule has 0 radical (unpaired) electrons. The number of benzene rings is 4. The van der Waals surface area contributed by atoms with Crippen molar-refractivity contribution in [2.45, 2.75) is 24.3 Å². The van der Waals surface area contributed by atoms with E-state index in [4.69, 9.17) is 16.0 Å². The zero-order valence-electron chi connectivity index (χ0n) is 22.3. The summed E-state index contributed by atoms with van der Waals surface area (Å²) < 4.78 is 35.7. The molecule has 0 unspecified atom stereocenters. The minimum Gasteiger partial charge on any atom is -0.500 e. The summed E-state index contributed by atoms with van der Waals surface area (Å²) in [6.07, 6.45) is 3.14. The van der Waals surface area contributed by atoms with Crippen molar-refractivity contribution in [3.05, 3.63) is 131 Å². The topological polar surface area (TPSA) is 86.9 Å². The van der Waals surface area contributed by atoms with Gasteiger partial charge in [0.05, 0.1) is 17.0 Å². The summed E-state index contributed by atoms with van der Waals surface area (Å²) in [5.74, 6) is 1.55. The third-order valence-corrected chi connectivity index (χ3v) is 7.53. The van der Waals surface area contributed by atoms with Crippen LogP contribution in [0.25, 0.3) is 15.7 Å². The molecule has 41 heavy (non-hydrogen) atoms. The fourth-order valence-electron chi connectivity index (χ4n) is 4.37. The fraction of sp³-hybridized carbons (Fsp3) is 0.121. The van der Waals surface area contributed by atoms with Crippen molar-refractivity contribution in [3.63, 3.8) is 0 Å². The third kappa shape index (κ3) is 6.96. The number of fused-ring (bicyclic) bond motifs is 1. The van der Waals surface area contributed by atoms with Crippen molar-refractivity contribution in [1.82, 2.24) is 4.98 Å². The molecule has 0 amide bonds. The third-order valence-electron chi connectivity index (χ3n) is 6.42. The van der Waals surface area contributed by atoms with Crippen LogP contribution in [0, 0.1) is 6.57 Å². The lowest BCUT2D eigenvalue weighted by molar-refractivity contribution is -0.117. The van der Waals surface area contributed by atoms with Crippen LogP contribution in [0.1, 0.15) is 16.7 Å². The van der Waals surface area contributed by atoms with Gasteiger partial charge in [-0.05, 0) is 59.2 Å². The van der Waals surface area contributed by atoms with E-state index in [1.807, 2.05) is 42.5 Å². The molecule has 0 aliphatic heterocycles. The molecule has 1 heterocycles. The van der Waals surface area contributed by atoms with Gasteiger partial charge in [-0.3, -0.25) is 9.78 Å². The lowest BCUT2D eigenvalue weighted by Crippen LogP contribution is -2.07. The number of Topliss-reactive ketones (excluding diaryl/α,β-unsaturated/α-hetero) is 1. The second-order valence-corrected chi connectivity index (χ2v) is 11.6. The zero-order chi connectivity index (χ0) is 28.8. The predicted octanol–water partition coefficient (Wildman–Crippen LogP) is 6.91. The minimum atomic E-state index is -3.33. The van der Waals surface area contributed by atoms with Gasteiger partial charge in [0.2, 0.25) is 5.69 Å². The SMILES string of the molecule is [C-]#[N+]c1cc2c(Oc3ccc(CC(=O)Cc4cccc(S(C)(=O)=O)c4)cc3)ccnc2cc1OCc1ccccc1. The summed E-state index contributed by atoms with van der Waals surface area (Å²) in [7, 11) is -3.33. The summed E-state index contributed by atoms with van der Waals surface area (Å²) in [4.78, 5) is 20.9. The van der Waals surface area contributed by atoms with Crippen molar-refractivity contribution in [3.8, 4) is 17.2 Å². The van der Waals surface area contributed by atoms with Gasteiger partial charge in [0.1, 0.15) is 29.6 Å². The van der Waals surface area contributed by atoms with E-state index in [0.717, 1.165) is 17.4 Å². The second kappa shape index (κ2) is 12.0. The lowest BCUT2D eigenvalue weighted by atomic mass is 10.0. The van der Waals surface area contributed by atoms with Crippen LogP contribution in [-0.2, 0) is 34.1 Å². The van der Waals surface area contributed by atoms with Gasteiger partial charge < -0.3 is 9.47 Å². The average Bonchev–Trinajstić information content (AvgIpc) is 2.97. The van der Waals surface area contributed by atoms with Crippen molar-refractivity contribution in [2.75, 3.05) is 6.26 Å². The number of pyridine rings is 1. The van der Waals surface area contributed by atoms with Gasteiger partial charge in [0.25, 0.3) is 0 Å². The van der Waals surface area contributed by atoms with Crippen LogP contribution < -0.4 is 9.47 Å². The molecule has 7 nitrogen and oxygen atoms in total. The van der Waals surface area contributed by atoms with Gasteiger partial charge in [-0.1, -0.05) is 54.6 Å². The van der Waals surface area contributed by atoms with Crippen LogP contribution in [-0.4, -0.2) is 25.4 Å². The van der Waals surface area contributed by atoms with Crippen molar-refractivity contribution < 1.29 is 22.7 Å². The van der Waals surface area contributed by atoms with Crippen LogP contribution in [0.5, 0.6) is 17.2 Å². The van der Waals surface area contributed by atoms with E-state index in [1.165, 1.54) is 6.07 Å². The number of hydrogen-bond acceptors (Lipinski definition) is 6. The maximum absolute atomic E-state index is 12.7. The molecule has 0 saturated heterocycles. The Morgan fingerprint density at radius 2 is 1.56 bits per heavy atom. The number of carbonyl (C=O) groups excluding carboxylic acids is 1. The largest absolute Gasteiger partial charge is 0.500 e. The molecule has 0 fully saturated rings. The molecule has 5 aromatic rings. The minimum absolute atomic E-state index is 0.0265. The first kappa shape index (κ1) is 27.6. The lowest BCUT2D eigenvalue weighted by Gasteiger charge is -2.12. The quantitative estimate of drug-likeness (QED) is 0.172. The summed E-state index contributed by atoms with van der Waals surface area (Å²) in [5, 5.41) is 0.682. The monoisotopic (exact) mass is 562 g/mol. The van der Waals surface area contributed by atoms with Crippen molar-refractivity contribution in [2.24, 2.45) is 0 Å². The Morgan fingerprint density at radius 3 is 2.29 bits per heavy atom. The molecule has 0 atom stereocenters. The smallest absolute Gasteiger partial charge is 0.229 e. The molecule has 0 spiro atoms. The van der Waals surface area contributed by atoms with E-state index in [0.29, 0.717) is 46.0 Å². The molecule has 204 valence electrons. The van der Waals surface area contributed by atoms with E-state index in [-0.39, 0.29) is 23.5 Å². The highest BCUT2D eigenvalue weighted by atomic mass is 32.2. The molecule has 0 aliphatic rings. The molecular formula is C33H26N2O5S. The maximum atomic E-state index is 12.7. The number of rotatable bonds is 10. The maximum Gasteiger partial charge on any atom is 0.229 e. The first-order chi connectivity index (χ1) is 19.8. The molecular weight excluding hydrogens is 536 g/mol. The summed E-state index contributed by atoms with van der Waals surface area (Å²) >= 11 is 0. The molecule has 0 saturated carbocycles. The van der Waals surface area contributed by atoms with E-state index in [9.17, 15) is 13.2 Å². The van der Waals surface area contributed by atoms with Gasteiger partial charge in [-0.25, -0.2) is 13.3 Å². The predicted molar refractivity (Wildman–Crippen MR) is 157 cm³/mol. The molecule has 4 aromatic carbocycles. The Morgan fingerprint density at radius 1 is 0.829 bits per heavy atom. The number of aromatic nitrogens is 1. The number of carbonyl (C=O) groups is 1. The van der Waals surface area contributed by atoms with Crippen LogP contribution in [0.2, 0.25) is 0 Å². The van der Waals surface area contributed by atoms with Gasteiger partial charge >= 0.3 is 0 Å². The average molecular weight is 563 g/mol. The first-order valence-electron chi connectivity index (χ1n) is 12.8. The van der Waals surface area contributed by atoms with Gasteiger partial charge in [0.15, 0.2) is 9.84 Å². The number of hydrogen-bond donors (Lipinski definition) is 0. The summed E-state index contributed by atoms with van der Waals surface area (Å²) in [6, 6.07) is 28.6. The van der Waals surface area contributed by atoms with Gasteiger partial charge in [-0.15, -0.1) is 0 Å². The number of nitrogens with zero attached hydrogens (tertiary/aromatic N) is 2. The van der Waals surface area contributed by atoms with Crippen molar-refractivity contribution >= 4 is 32.2 Å². The number of ether oxygens (including phenoxy) is 2. The Bertz CT molecular complexity index is 1860. The highest BCUT2D eigenvalue weighted by Gasteiger charge is 2.13. The summed E-state index contributed by atoms with van der Waals surface area (Å²) in [6.45, 7) is 7.99. The standard InChI is InChI=1S/C33H26N2O5S/c1-34-31-20-29-30(21-33(31)39-22-24-7-4-3-5-8-24)35-16-15-32(29)40-27-13-11-23(12-14-27)17-26(36)18-25-9-6-10-28(19-25)41(2,37)38/h3-16,19-21H,17-18,22H2,2H3. The van der Waals surface area contributed by atoms with E-state index in [1.54, 1.807) is 54.7 Å². The molecule has 0 aliphatic carbocycles. The van der Waals surface area contributed by atoms with Gasteiger partial charge in [0, 0.05) is 30.7 Å². The number of sulfone groups is 1. The molecule has 0 bridgehead atoms. The highest BCUT2D eigenvalue weighted by Crippen LogP contribution is 2.37. The Balaban J connectivity index is 1.27. The van der Waals surface area contributed by atoms with Crippen LogP contribution >= 0.6 is 0 Å². The van der Waals surface area contributed by atoms with Crippen molar-refractivity contribution in [1.29, 1.82) is 0 Å². The van der Waals surface area contributed by atoms with E-state index < -0.39 is 9.84 Å². The van der Waals surface area contributed by atoms with Crippen LogP contribution in [0.4, 0.5) is 5.69 Å². The Kier molecular flexibility index (Phi) is 8.09. The number of ketones is 1. The van der Waals surface area contributed by atoms with Crippen LogP contribution in [0.3, 0.4) is 0 Å². The highest BCUT2D eigenvalue weighted by molar-refractivity contribution is 7.90. The first-order valence-corrected chi connectivity index (χ1v) is 14.7. The molecule has 8 heteroatoms. The Labute approximate surface area is 238 Å². The van der Waals surface area contributed by atoms with E-state index in [2.05, 4.69) is 9.83 Å². The zero-order valence-corrected chi connectivity index (χ0v) is 23.1. The van der Waals surface area contributed by atoms with Gasteiger partial charge in [-0.2, -0.15) is 0 Å². The normalized spacial score (nSPS) is 11.1. The molecule has 5 rings (SSSR count). The fourth-order valence-corrected chi connectivity index (χ4v) is 5.06.